The quantitative estimate of drug-likeness (QED) is 0.806. The van der Waals surface area contributed by atoms with Crippen molar-refractivity contribution in [3.05, 3.63) is 58.2 Å². The van der Waals surface area contributed by atoms with Gasteiger partial charge in [0.2, 0.25) is 0 Å². The van der Waals surface area contributed by atoms with E-state index in [-0.39, 0.29) is 12.0 Å². The van der Waals surface area contributed by atoms with Gasteiger partial charge in [0.25, 0.3) is 11.5 Å². The smallest absolute Gasteiger partial charge is 0.326 e. The SMILES string of the molecule is C/C=C/CC(NC(=O)c1cnc2cc(C)ccn2c1=O)C(=O)O. The summed E-state index contributed by atoms with van der Waals surface area (Å²) in [6.07, 6.45) is 6.16. The molecule has 2 aromatic rings. The standard InChI is InChI=1S/C16H17N3O4/c1-3-4-5-12(16(22)23)18-14(20)11-9-17-13-8-10(2)6-7-19(13)15(11)21/h3-4,6-9,12H,5H2,1-2H3,(H,18,20)(H,22,23)/b4-3+. The lowest BCUT2D eigenvalue weighted by molar-refractivity contribution is -0.139. The largest absolute Gasteiger partial charge is 0.480 e. The van der Waals surface area contributed by atoms with Crippen LogP contribution < -0.4 is 10.9 Å². The van der Waals surface area contributed by atoms with Crippen molar-refractivity contribution in [2.45, 2.75) is 26.3 Å². The van der Waals surface area contributed by atoms with E-state index in [2.05, 4.69) is 10.3 Å². The zero-order valence-corrected chi connectivity index (χ0v) is 12.8. The number of nitrogens with one attached hydrogen (secondary N) is 1. The molecule has 0 aromatic carbocycles. The van der Waals surface area contributed by atoms with Gasteiger partial charge in [-0.15, -0.1) is 0 Å². The van der Waals surface area contributed by atoms with Gasteiger partial charge in [-0.1, -0.05) is 12.2 Å². The molecule has 0 radical (unpaired) electrons. The number of hydrogen-bond donors (Lipinski definition) is 2. The van der Waals surface area contributed by atoms with Gasteiger partial charge in [0, 0.05) is 12.4 Å². The minimum atomic E-state index is -1.17. The fourth-order valence-corrected chi connectivity index (χ4v) is 2.06. The minimum Gasteiger partial charge on any atom is -0.480 e. The van der Waals surface area contributed by atoms with Crippen molar-refractivity contribution in [2.75, 3.05) is 0 Å². The Morgan fingerprint density at radius 1 is 1.48 bits per heavy atom. The van der Waals surface area contributed by atoms with Gasteiger partial charge >= 0.3 is 5.97 Å². The number of allylic oxidation sites excluding steroid dienone is 1. The number of aryl methyl sites for hydroxylation is 1. The van der Waals surface area contributed by atoms with Gasteiger partial charge in [0.05, 0.1) is 0 Å². The second-order valence-electron chi connectivity index (χ2n) is 5.08. The molecule has 0 aliphatic heterocycles. The Morgan fingerprint density at radius 3 is 2.87 bits per heavy atom. The molecule has 0 aliphatic carbocycles. The minimum absolute atomic E-state index is 0.138. The number of carboxylic acid groups (broad SMARTS) is 1. The van der Waals surface area contributed by atoms with Crippen LogP contribution in [-0.4, -0.2) is 32.4 Å². The molecule has 23 heavy (non-hydrogen) atoms. The second kappa shape index (κ2) is 6.87. The average molecular weight is 315 g/mol. The van der Waals surface area contributed by atoms with Crippen LogP contribution in [0.15, 0.2) is 41.5 Å². The highest BCUT2D eigenvalue weighted by Crippen LogP contribution is 2.03. The van der Waals surface area contributed by atoms with E-state index in [0.29, 0.717) is 5.65 Å². The summed E-state index contributed by atoms with van der Waals surface area (Å²) in [5.41, 5.74) is 0.627. The number of pyridine rings is 1. The molecule has 2 aromatic heterocycles. The number of nitrogens with zero attached hydrogens (tertiary/aromatic N) is 2. The van der Waals surface area contributed by atoms with E-state index in [9.17, 15) is 14.4 Å². The van der Waals surface area contributed by atoms with Gasteiger partial charge < -0.3 is 10.4 Å². The number of hydrogen-bond acceptors (Lipinski definition) is 4. The van der Waals surface area contributed by atoms with Crippen molar-refractivity contribution in [3.63, 3.8) is 0 Å². The van der Waals surface area contributed by atoms with Crippen molar-refractivity contribution < 1.29 is 14.7 Å². The molecule has 0 spiro atoms. The summed E-state index contributed by atoms with van der Waals surface area (Å²) in [5.74, 6) is -1.92. The normalized spacial score (nSPS) is 12.4. The Morgan fingerprint density at radius 2 is 2.22 bits per heavy atom. The van der Waals surface area contributed by atoms with Gasteiger partial charge in [-0.25, -0.2) is 9.78 Å². The van der Waals surface area contributed by atoms with Crippen molar-refractivity contribution >= 4 is 17.5 Å². The maximum Gasteiger partial charge on any atom is 0.326 e. The highest BCUT2D eigenvalue weighted by molar-refractivity contribution is 5.96. The van der Waals surface area contributed by atoms with E-state index in [1.165, 1.54) is 16.8 Å². The zero-order chi connectivity index (χ0) is 17.0. The number of fused-ring (bicyclic) bond motifs is 1. The summed E-state index contributed by atoms with van der Waals surface area (Å²) in [6.45, 7) is 3.62. The lowest BCUT2D eigenvalue weighted by Gasteiger charge is -2.12. The summed E-state index contributed by atoms with van der Waals surface area (Å²) >= 11 is 0. The lowest BCUT2D eigenvalue weighted by atomic mass is 10.2. The lowest BCUT2D eigenvalue weighted by Crippen LogP contribution is -2.42. The number of carboxylic acids is 1. The Labute approximate surface area is 132 Å². The van der Waals surface area contributed by atoms with Crippen molar-refractivity contribution in [1.82, 2.24) is 14.7 Å². The number of amides is 1. The van der Waals surface area contributed by atoms with Crippen molar-refractivity contribution in [1.29, 1.82) is 0 Å². The van der Waals surface area contributed by atoms with E-state index in [1.54, 1.807) is 31.2 Å². The molecule has 0 saturated carbocycles. The van der Waals surface area contributed by atoms with E-state index >= 15 is 0 Å². The number of aromatic nitrogens is 2. The summed E-state index contributed by atoms with van der Waals surface area (Å²) in [5, 5.41) is 11.5. The van der Waals surface area contributed by atoms with E-state index < -0.39 is 23.5 Å². The Kier molecular flexibility index (Phi) is 4.90. The first-order valence-electron chi connectivity index (χ1n) is 7.07. The zero-order valence-electron chi connectivity index (χ0n) is 12.8. The van der Waals surface area contributed by atoms with E-state index in [1.807, 2.05) is 6.92 Å². The van der Waals surface area contributed by atoms with Crippen LogP contribution in [0.5, 0.6) is 0 Å². The summed E-state index contributed by atoms with van der Waals surface area (Å²) in [6, 6.07) is 2.34. The molecule has 2 heterocycles. The van der Waals surface area contributed by atoms with Crippen LogP contribution in [-0.2, 0) is 4.79 Å². The monoisotopic (exact) mass is 315 g/mol. The molecule has 0 aliphatic rings. The first kappa shape index (κ1) is 16.4. The van der Waals surface area contributed by atoms with E-state index in [0.717, 1.165) is 5.56 Å². The molecule has 1 unspecified atom stereocenters. The molecular formula is C16H17N3O4. The third-order valence-electron chi connectivity index (χ3n) is 3.32. The molecule has 1 amide bonds. The van der Waals surface area contributed by atoms with Gasteiger partial charge in [0.15, 0.2) is 0 Å². The van der Waals surface area contributed by atoms with Crippen molar-refractivity contribution in [3.8, 4) is 0 Å². The highest BCUT2D eigenvalue weighted by atomic mass is 16.4. The summed E-state index contributed by atoms with van der Waals surface area (Å²) < 4.78 is 1.25. The van der Waals surface area contributed by atoms with Crippen LogP contribution >= 0.6 is 0 Å². The van der Waals surface area contributed by atoms with Crippen LogP contribution in [0.25, 0.3) is 5.65 Å². The van der Waals surface area contributed by atoms with Gasteiger partial charge in [-0.3, -0.25) is 14.0 Å². The predicted octanol–water partition coefficient (Wildman–Crippen LogP) is 1.15. The molecule has 2 rings (SSSR count). The predicted molar refractivity (Wildman–Crippen MR) is 84.5 cm³/mol. The number of carbonyl (C=O) groups is 2. The molecule has 0 saturated heterocycles. The molecular weight excluding hydrogens is 298 g/mol. The van der Waals surface area contributed by atoms with Gasteiger partial charge in [-0.2, -0.15) is 0 Å². The number of carbonyl (C=O) groups excluding carboxylic acids is 1. The van der Waals surface area contributed by atoms with Crippen LogP contribution in [0, 0.1) is 6.92 Å². The average Bonchev–Trinajstić information content (AvgIpc) is 2.51. The maximum absolute atomic E-state index is 12.3. The Hall–Kier alpha value is -2.96. The molecule has 7 nitrogen and oxygen atoms in total. The summed E-state index contributed by atoms with van der Waals surface area (Å²) in [7, 11) is 0. The number of aliphatic carboxylic acids is 1. The third-order valence-corrected chi connectivity index (χ3v) is 3.32. The third kappa shape index (κ3) is 3.63. The van der Waals surface area contributed by atoms with Gasteiger partial charge in [0.1, 0.15) is 17.3 Å². The first-order chi connectivity index (χ1) is 10.9. The molecule has 120 valence electrons. The topological polar surface area (TPSA) is 101 Å². The van der Waals surface area contributed by atoms with E-state index in [4.69, 9.17) is 5.11 Å². The fourth-order valence-electron chi connectivity index (χ4n) is 2.06. The van der Waals surface area contributed by atoms with Crippen LogP contribution in [0.1, 0.15) is 29.3 Å². The fraction of sp³-hybridized carbons (Fsp3) is 0.250. The molecule has 2 N–H and O–H groups in total. The van der Waals surface area contributed by atoms with Crippen molar-refractivity contribution in [2.24, 2.45) is 0 Å². The summed E-state index contributed by atoms with van der Waals surface area (Å²) in [4.78, 5) is 39.8. The molecule has 0 fully saturated rings. The Bertz CT molecular complexity index is 839. The molecule has 1 atom stereocenters. The van der Waals surface area contributed by atoms with Crippen LogP contribution in [0.3, 0.4) is 0 Å². The van der Waals surface area contributed by atoms with Crippen LogP contribution in [0.2, 0.25) is 0 Å². The highest BCUT2D eigenvalue weighted by Gasteiger charge is 2.21. The second-order valence-corrected chi connectivity index (χ2v) is 5.08. The maximum atomic E-state index is 12.3. The van der Waals surface area contributed by atoms with Gasteiger partial charge in [-0.05, 0) is 38.0 Å². The number of rotatable bonds is 5. The molecule has 7 heteroatoms. The van der Waals surface area contributed by atoms with Crippen LogP contribution in [0.4, 0.5) is 0 Å². The Balaban J connectivity index is 2.34. The molecule has 0 bridgehead atoms. The first-order valence-corrected chi connectivity index (χ1v) is 7.07.